The number of benzene rings is 1. The molecule has 0 radical (unpaired) electrons. The zero-order chi connectivity index (χ0) is 19.4. The number of anilines is 1. The fraction of sp³-hybridized carbons (Fsp3) is 0.235. The summed E-state index contributed by atoms with van der Waals surface area (Å²) >= 11 is 0. The minimum Gasteiger partial charge on any atom is -0.323 e. The third-order valence-corrected chi connectivity index (χ3v) is 3.84. The first-order chi connectivity index (χ1) is 12.9. The average Bonchev–Trinajstić information content (AvgIpc) is 3.19. The van der Waals surface area contributed by atoms with E-state index in [-0.39, 0.29) is 30.4 Å². The number of nitro groups is 1. The number of halogens is 1. The molecule has 3 rings (SSSR count). The molecule has 1 aromatic carbocycles. The number of hydrogen-bond acceptors (Lipinski definition) is 5. The van der Waals surface area contributed by atoms with E-state index in [0.29, 0.717) is 17.9 Å². The number of rotatable bonds is 7. The standard InChI is InChI=1S/C17H17FN6O3/c1-12-16(24(26)27)11-22(21-12)6-5-17(25)20-15-8-19-23(10-15)9-13-3-2-4-14(18)7-13/h2-4,7-8,10-11H,5-6,9H2,1H3,(H,20,25). The fourth-order valence-electron chi connectivity index (χ4n) is 2.58. The Bertz CT molecular complexity index is 981. The normalized spacial score (nSPS) is 10.7. The largest absolute Gasteiger partial charge is 0.323 e. The summed E-state index contributed by atoms with van der Waals surface area (Å²) in [5, 5.41) is 21.7. The number of nitrogens with one attached hydrogen (secondary N) is 1. The second kappa shape index (κ2) is 7.77. The van der Waals surface area contributed by atoms with Gasteiger partial charge >= 0.3 is 5.69 Å². The van der Waals surface area contributed by atoms with Gasteiger partial charge in [-0.25, -0.2) is 4.39 Å². The lowest BCUT2D eigenvalue weighted by Crippen LogP contribution is -2.14. The Kier molecular flexibility index (Phi) is 5.25. The summed E-state index contributed by atoms with van der Waals surface area (Å²) in [6.07, 6.45) is 4.55. The average molecular weight is 372 g/mol. The van der Waals surface area contributed by atoms with E-state index >= 15 is 0 Å². The van der Waals surface area contributed by atoms with Crippen molar-refractivity contribution in [3.05, 3.63) is 70.0 Å². The van der Waals surface area contributed by atoms with E-state index in [2.05, 4.69) is 15.5 Å². The van der Waals surface area contributed by atoms with Crippen LogP contribution in [0.25, 0.3) is 0 Å². The Morgan fingerprint density at radius 1 is 1.33 bits per heavy atom. The molecule has 140 valence electrons. The topological polar surface area (TPSA) is 108 Å². The maximum Gasteiger partial charge on any atom is 0.309 e. The van der Waals surface area contributed by atoms with Crippen molar-refractivity contribution in [1.29, 1.82) is 0 Å². The Morgan fingerprint density at radius 2 is 2.15 bits per heavy atom. The molecule has 0 spiro atoms. The summed E-state index contributed by atoms with van der Waals surface area (Å²) < 4.78 is 16.2. The van der Waals surface area contributed by atoms with Gasteiger partial charge in [-0.3, -0.25) is 24.3 Å². The zero-order valence-electron chi connectivity index (χ0n) is 14.5. The maximum atomic E-state index is 13.2. The van der Waals surface area contributed by atoms with E-state index in [0.717, 1.165) is 5.56 Å². The molecule has 0 aliphatic carbocycles. The lowest BCUT2D eigenvalue weighted by atomic mass is 10.2. The third-order valence-electron chi connectivity index (χ3n) is 3.84. The van der Waals surface area contributed by atoms with Gasteiger partial charge in [0.25, 0.3) is 0 Å². The van der Waals surface area contributed by atoms with Crippen LogP contribution in [0.1, 0.15) is 17.7 Å². The number of amides is 1. The van der Waals surface area contributed by atoms with Crippen molar-refractivity contribution in [3.63, 3.8) is 0 Å². The number of hydrogen-bond donors (Lipinski definition) is 1. The molecule has 2 heterocycles. The first kappa shape index (κ1) is 18.2. The molecule has 0 saturated heterocycles. The van der Waals surface area contributed by atoms with E-state index in [1.54, 1.807) is 29.9 Å². The van der Waals surface area contributed by atoms with Crippen LogP contribution in [-0.4, -0.2) is 30.4 Å². The monoisotopic (exact) mass is 372 g/mol. The van der Waals surface area contributed by atoms with Crippen molar-refractivity contribution in [2.45, 2.75) is 26.4 Å². The fourth-order valence-corrected chi connectivity index (χ4v) is 2.58. The molecule has 3 aromatic rings. The van der Waals surface area contributed by atoms with E-state index in [4.69, 9.17) is 0 Å². The van der Waals surface area contributed by atoms with Gasteiger partial charge < -0.3 is 5.32 Å². The molecule has 1 amide bonds. The molecule has 0 aliphatic heterocycles. The SMILES string of the molecule is Cc1nn(CCC(=O)Nc2cnn(Cc3cccc(F)c3)c2)cc1[N+](=O)[O-]. The Hall–Kier alpha value is -3.56. The van der Waals surface area contributed by atoms with E-state index in [1.165, 1.54) is 29.2 Å². The molecule has 9 nitrogen and oxygen atoms in total. The van der Waals surface area contributed by atoms with Crippen molar-refractivity contribution in [2.75, 3.05) is 5.32 Å². The van der Waals surface area contributed by atoms with Crippen LogP contribution in [-0.2, 0) is 17.9 Å². The molecule has 0 fully saturated rings. The quantitative estimate of drug-likeness (QED) is 0.506. The van der Waals surface area contributed by atoms with E-state index in [9.17, 15) is 19.3 Å². The van der Waals surface area contributed by atoms with Crippen molar-refractivity contribution in [2.24, 2.45) is 0 Å². The van der Waals surface area contributed by atoms with Gasteiger partial charge in [0, 0.05) is 19.2 Å². The molecule has 0 bridgehead atoms. The van der Waals surface area contributed by atoms with Crippen LogP contribution in [0.3, 0.4) is 0 Å². The van der Waals surface area contributed by atoms with Gasteiger partial charge in [-0.1, -0.05) is 12.1 Å². The van der Waals surface area contributed by atoms with Crippen LogP contribution in [0.4, 0.5) is 15.8 Å². The van der Waals surface area contributed by atoms with Crippen LogP contribution in [0.2, 0.25) is 0 Å². The molecular formula is C17H17FN6O3. The van der Waals surface area contributed by atoms with Crippen LogP contribution in [0, 0.1) is 22.9 Å². The number of aryl methyl sites for hydroxylation is 2. The summed E-state index contributed by atoms with van der Waals surface area (Å²) in [7, 11) is 0. The molecule has 1 N–H and O–H groups in total. The van der Waals surface area contributed by atoms with Crippen molar-refractivity contribution < 1.29 is 14.1 Å². The highest BCUT2D eigenvalue weighted by molar-refractivity contribution is 5.90. The lowest BCUT2D eigenvalue weighted by molar-refractivity contribution is -0.385. The van der Waals surface area contributed by atoms with Gasteiger partial charge in [-0.05, 0) is 24.6 Å². The Balaban J connectivity index is 1.53. The van der Waals surface area contributed by atoms with Gasteiger partial charge in [0.2, 0.25) is 5.91 Å². The number of nitrogens with zero attached hydrogens (tertiary/aromatic N) is 5. The van der Waals surface area contributed by atoms with Crippen LogP contribution in [0.5, 0.6) is 0 Å². The molecule has 0 saturated carbocycles. The minimum absolute atomic E-state index is 0.0750. The first-order valence-corrected chi connectivity index (χ1v) is 8.16. The molecule has 0 atom stereocenters. The predicted octanol–water partition coefficient (Wildman–Crippen LogP) is 2.51. The van der Waals surface area contributed by atoms with Crippen LogP contribution < -0.4 is 5.32 Å². The number of aromatic nitrogens is 4. The summed E-state index contributed by atoms with van der Waals surface area (Å²) in [6, 6.07) is 6.20. The zero-order valence-corrected chi connectivity index (χ0v) is 14.5. The van der Waals surface area contributed by atoms with Gasteiger partial charge in [0.15, 0.2) is 0 Å². The van der Waals surface area contributed by atoms with Gasteiger partial charge in [-0.2, -0.15) is 10.2 Å². The second-order valence-electron chi connectivity index (χ2n) is 5.97. The number of carbonyl (C=O) groups excluding carboxylic acids is 1. The summed E-state index contributed by atoms with van der Waals surface area (Å²) in [5.41, 5.74) is 1.50. The maximum absolute atomic E-state index is 13.2. The van der Waals surface area contributed by atoms with Gasteiger partial charge in [0.1, 0.15) is 17.7 Å². The minimum atomic E-state index is -0.508. The lowest BCUT2D eigenvalue weighted by Gasteiger charge is -2.03. The summed E-state index contributed by atoms with van der Waals surface area (Å²) in [4.78, 5) is 22.4. The van der Waals surface area contributed by atoms with E-state index < -0.39 is 4.92 Å². The highest BCUT2D eigenvalue weighted by Crippen LogP contribution is 2.15. The summed E-state index contributed by atoms with van der Waals surface area (Å²) in [5.74, 6) is -0.585. The van der Waals surface area contributed by atoms with Crippen molar-refractivity contribution in [1.82, 2.24) is 19.6 Å². The van der Waals surface area contributed by atoms with Crippen molar-refractivity contribution in [3.8, 4) is 0 Å². The first-order valence-electron chi connectivity index (χ1n) is 8.16. The smallest absolute Gasteiger partial charge is 0.309 e. The van der Waals surface area contributed by atoms with Crippen LogP contribution in [0.15, 0.2) is 42.9 Å². The molecule has 27 heavy (non-hydrogen) atoms. The van der Waals surface area contributed by atoms with Gasteiger partial charge in [-0.15, -0.1) is 0 Å². The molecule has 0 aliphatic rings. The highest BCUT2D eigenvalue weighted by Gasteiger charge is 2.15. The third kappa shape index (κ3) is 4.75. The predicted molar refractivity (Wildman–Crippen MR) is 94.6 cm³/mol. The highest BCUT2D eigenvalue weighted by atomic mass is 19.1. The van der Waals surface area contributed by atoms with Crippen LogP contribution >= 0.6 is 0 Å². The molecular weight excluding hydrogens is 355 g/mol. The van der Waals surface area contributed by atoms with Gasteiger partial charge in [0.05, 0.1) is 23.4 Å². The van der Waals surface area contributed by atoms with E-state index in [1.807, 2.05) is 0 Å². The summed E-state index contributed by atoms with van der Waals surface area (Å²) in [6.45, 7) is 2.14. The Labute approximate surface area is 153 Å². The number of carbonyl (C=O) groups is 1. The Morgan fingerprint density at radius 3 is 2.85 bits per heavy atom. The molecule has 2 aromatic heterocycles. The van der Waals surface area contributed by atoms with Crippen molar-refractivity contribution >= 4 is 17.3 Å². The second-order valence-corrected chi connectivity index (χ2v) is 5.97. The molecule has 10 heteroatoms. The molecule has 0 unspecified atom stereocenters.